The van der Waals surface area contributed by atoms with Gasteiger partial charge in [0.05, 0.1) is 24.0 Å². The average Bonchev–Trinajstić information content (AvgIpc) is 3.45. The molecule has 1 saturated carbocycles. The maximum atomic E-state index is 13.3. The third kappa shape index (κ3) is 3.27. The molecular weight excluding hydrogens is 392 g/mol. The molecule has 1 N–H and O–H groups in total. The number of benzene rings is 1. The molecule has 1 aliphatic carbocycles. The van der Waals surface area contributed by atoms with Crippen molar-refractivity contribution in [2.24, 2.45) is 5.92 Å². The number of carbonyl (C=O) groups excluding carboxylic acids is 1. The van der Waals surface area contributed by atoms with Gasteiger partial charge in [0.2, 0.25) is 10.0 Å². The van der Waals surface area contributed by atoms with Crippen molar-refractivity contribution in [2.75, 3.05) is 19.6 Å². The highest BCUT2D eigenvalue weighted by Gasteiger charge is 2.38. The number of piperidine rings is 1. The van der Waals surface area contributed by atoms with E-state index in [1.54, 1.807) is 40.1 Å². The number of hydrogen-bond donors (Lipinski definition) is 1. The highest BCUT2D eigenvalue weighted by atomic mass is 32.2. The molecule has 2 fully saturated rings. The Balaban J connectivity index is 1.58. The summed E-state index contributed by atoms with van der Waals surface area (Å²) in [6.45, 7) is 1.55. The van der Waals surface area contributed by atoms with Crippen LogP contribution in [0.15, 0.2) is 35.5 Å². The van der Waals surface area contributed by atoms with Crippen LogP contribution < -0.4 is 0 Å². The van der Waals surface area contributed by atoms with Gasteiger partial charge >= 0.3 is 0 Å². The van der Waals surface area contributed by atoms with Gasteiger partial charge in [-0.25, -0.2) is 13.4 Å². The molecule has 0 atom stereocenters. The third-order valence-corrected chi connectivity index (χ3v) is 7.91. The molecule has 1 aromatic carbocycles. The predicted octanol–water partition coefficient (Wildman–Crippen LogP) is 1.38. The fourth-order valence-electron chi connectivity index (χ4n) is 4.15. The maximum Gasteiger partial charge on any atom is 0.274 e. The zero-order chi connectivity index (χ0) is 20.2. The van der Waals surface area contributed by atoms with E-state index in [-0.39, 0.29) is 23.5 Å². The van der Waals surface area contributed by atoms with Crippen LogP contribution >= 0.6 is 0 Å². The van der Waals surface area contributed by atoms with Gasteiger partial charge in [0, 0.05) is 19.6 Å². The van der Waals surface area contributed by atoms with E-state index in [2.05, 4.69) is 4.98 Å². The van der Waals surface area contributed by atoms with E-state index in [9.17, 15) is 18.3 Å². The normalized spacial score (nSPS) is 22.0. The van der Waals surface area contributed by atoms with Crippen LogP contribution in [0.1, 0.15) is 41.9 Å². The molecule has 1 aromatic heterocycles. The summed E-state index contributed by atoms with van der Waals surface area (Å²) >= 11 is 0. The topological polar surface area (TPSA) is 95.7 Å². The molecule has 9 heteroatoms. The number of aliphatic hydroxyl groups excluding tert-OH is 1. The van der Waals surface area contributed by atoms with Crippen LogP contribution in [0, 0.1) is 5.92 Å². The van der Waals surface area contributed by atoms with Crippen LogP contribution in [0.2, 0.25) is 0 Å². The lowest BCUT2D eigenvalue weighted by Crippen LogP contribution is -2.41. The first-order chi connectivity index (χ1) is 13.9. The Morgan fingerprint density at radius 2 is 1.86 bits per heavy atom. The Bertz CT molecular complexity index is 1050. The molecule has 2 aliphatic heterocycles. The largest absolute Gasteiger partial charge is 0.393 e. The molecule has 154 valence electrons. The van der Waals surface area contributed by atoms with Crippen molar-refractivity contribution in [1.29, 1.82) is 0 Å². The summed E-state index contributed by atoms with van der Waals surface area (Å²) in [5, 5.41) is 9.73. The van der Waals surface area contributed by atoms with Crippen molar-refractivity contribution in [1.82, 2.24) is 18.8 Å². The minimum absolute atomic E-state index is 0.130. The number of fused-ring (bicyclic) bond motifs is 3. The molecule has 8 nitrogen and oxygen atoms in total. The highest BCUT2D eigenvalue weighted by molar-refractivity contribution is 7.89. The van der Waals surface area contributed by atoms with Crippen LogP contribution in [0.4, 0.5) is 0 Å². The first-order valence-corrected chi connectivity index (χ1v) is 11.5. The predicted molar refractivity (Wildman–Crippen MR) is 105 cm³/mol. The number of hydrogen-bond acceptors (Lipinski definition) is 5. The van der Waals surface area contributed by atoms with Gasteiger partial charge in [0.1, 0.15) is 11.2 Å². The number of aliphatic hydroxyl groups is 1. The van der Waals surface area contributed by atoms with E-state index in [1.165, 1.54) is 4.31 Å². The lowest BCUT2D eigenvalue weighted by Gasteiger charge is -2.29. The Morgan fingerprint density at radius 1 is 1.14 bits per heavy atom. The highest BCUT2D eigenvalue weighted by Crippen LogP contribution is 2.36. The minimum Gasteiger partial charge on any atom is -0.393 e. The van der Waals surface area contributed by atoms with Gasteiger partial charge in [-0.3, -0.25) is 9.36 Å². The second-order valence-corrected chi connectivity index (χ2v) is 10.0. The zero-order valence-electron chi connectivity index (χ0n) is 16.1. The first-order valence-electron chi connectivity index (χ1n) is 10.1. The molecule has 29 heavy (non-hydrogen) atoms. The summed E-state index contributed by atoms with van der Waals surface area (Å²) in [4.78, 5) is 19.5. The smallest absolute Gasteiger partial charge is 0.274 e. The molecule has 5 rings (SSSR count). The van der Waals surface area contributed by atoms with Gasteiger partial charge in [-0.1, -0.05) is 12.1 Å². The minimum atomic E-state index is -3.66. The Kier molecular flexibility index (Phi) is 4.49. The standard InChI is InChI=1S/C20H24N4O4S/c25-15-7-9-22(10-8-15)20(26)19-17-12-23(11-14-5-6-14)29(27,28)18-4-2-1-3-16(18)24(17)13-21-19/h1-4,13-15,25H,5-12H2. The number of sulfonamides is 1. The van der Waals surface area contributed by atoms with Crippen molar-refractivity contribution in [3.63, 3.8) is 0 Å². The molecule has 1 amide bonds. The molecule has 0 bridgehead atoms. The number of rotatable bonds is 3. The number of amides is 1. The lowest BCUT2D eigenvalue weighted by atomic mass is 10.1. The molecule has 2 aromatic rings. The van der Waals surface area contributed by atoms with Crippen LogP contribution in [0.3, 0.4) is 0 Å². The van der Waals surface area contributed by atoms with Crippen molar-refractivity contribution in [3.05, 3.63) is 42.0 Å². The van der Waals surface area contributed by atoms with Crippen LogP contribution in [0.25, 0.3) is 5.69 Å². The summed E-state index contributed by atoms with van der Waals surface area (Å²) < 4.78 is 29.9. The number of nitrogens with zero attached hydrogens (tertiary/aromatic N) is 4. The summed E-state index contributed by atoms with van der Waals surface area (Å²) in [5.74, 6) is 0.183. The third-order valence-electron chi connectivity index (χ3n) is 6.05. The molecule has 0 unspecified atom stereocenters. The summed E-state index contributed by atoms with van der Waals surface area (Å²) in [7, 11) is -3.66. The SMILES string of the molecule is O=C(c1ncn2c1CN(CC1CC1)S(=O)(=O)c1ccccc1-2)N1CCC(O)CC1. The number of likely N-dealkylation sites (tertiary alicyclic amines) is 1. The van der Waals surface area contributed by atoms with Crippen LogP contribution in [-0.2, 0) is 16.6 Å². The van der Waals surface area contributed by atoms with E-state index < -0.39 is 10.0 Å². The van der Waals surface area contributed by atoms with E-state index in [0.717, 1.165) is 12.8 Å². The Hall–Kier alpha value is -2.23. The number of carbonyl (C=O) groups is 1. The second-order valence-electron chi connectivity index (χ2n) is 8.14. The van der Waals surface area contributed by atoms with Gasteiger partial charge in [-0.15, -0.1) is 0 Å². The first kappa shape index (κ1) is 18.8. The summed E-state index contributed by atoms with van der Waals surface area (Å²) in [6, 6.07) is 6.89. The summed E-state index contributed by atoms with van der Waals surface area (Å²) in [6.07, 6.45) is 4.35. The van der Waals surface area contributed by atoms with Gasteiger partial charge in [-0.05, 0) is 43.7 Å². The van der Waals surface area contributed by atoms with E-state index >= 15 is 0 Å². The average molecular weight is 417 g/mol. The lowest BCUT2D eigenvalue weighted by molar-refractivity contribution is 0.0540. The van der Waals surface area contributed by atoms with Gasteiger partial charge in [0.25, 0.3) is 5.91 Å². The monoisotopic (exact) mass is 416 g/mol. The van der Waals surface area contributed by atoms with Gasteiger partial charge in [0.15, 0.2) is 5.69 Å². The molecule has 3 heterocycles. The van der Waals surface area contributed by atoms with E-state index in [1.807, 2.05) is 0 Å². The van der Waals surface area contributed by atoms with E-state index in [4.69, 9.17) is 0 Å². The van der Waals surface area contributed by atoms with Crippen molar-refractivity contribution < 1.29 is 18.3 Å². The van der Waals surface area contributed by atoms with Crippen LogP contribution in [-0.4, -0.2) is 63.9 Å². The number of para-hydroxylation sites is 1. The number of imidazole rings is 1. The quantitative estimate of drug-likeness (QED) is 0.816. The Morgan fingerprint density at radius 3 is 2.59 bits per heavy atom. The number of aromatic nitrogens is 2. The molecular formula is C20H24N4O4S. The van der Waals surface area contributed by atoms with Gasteiger partial charge in [-0.2, -0.15) is 4.31 Å². The van der Waals surface area contributed by atoms with Crippen LogP contribution in [0.5, 0.6) is 0 Å². The summed E-state index contributed by atoms with van der Waals surface area (Å²) in [5.41, 5.74) is 1.44. The van der Waals surface area contributed by atoms with Crippen molar-refractivity contribution in [3.8, 4) is 5.69 Å². The molecule has 0 radical (unpaired) electrons. The zero-order valence-corrected chi connectivity index (χ0v) is 16.9. The molecule has 3 aliphatic rings. The van der Waals surface area contributed by atoms with Crippen molar-refractivity contribution in [2.45, 2.75) is 43.2 Å². The molecule has 1 saturated heterocycles. The fourth-order valence-corrected chi connectivity index (χ4v) is 5.81. The van der Waals surface area contributed by atoms with Gasteiger partial charge < -0.3 is 10.0 Å². The maximum absolute atomic E-state index is 13.3. The van der Waals surface area contributed by atoms with Crippen molar-refractivity contribution >= 4 is 15.9 Å². The fraction of sp³-hybridized carbons (Fsp3) is 0.500. The Labute approximate surface area is 169 Å². The second kappa shape index (κ2) is 6.93. The molecule has 0 spiro atoms. The van der Waals surface area contributed by atoms with E-state index in [0.29, 0.717) is 55.5 Å².